The number of para-hydroxylation sites is 1. The number of aromatic nitrogens is 2. The van der Waals surface area contributed by atoms with Gasteiger partial charge in [-0.25, -0.2) is 0 Å². The van der Waals surface area contributed by atoms with Crippen LogP contribution < -0.4 is 4.74 Å². The van der Waals surface area contributed by atoms with E-state index in [1.54, 1.807) is 7.11 Å². The first-order valence-electron chi connectivity index (χ1n) is 6.98. The molecule has 0 bridgehead atoms. The van der Waals surface area contributed by atoms with Crippen molar-refractivity contribution < 1.29 is 13.9 Å². The SMILES string of the molecule is COc1ccccc1-c1nnc(SC(=O)Cc2ccccc2)o1. The summed E-state index contributed by atoms with van der Waals surface area (Å²) in [6.45, 7) is 0. The number of benzene rings is 2. The number of nitrogens with zero attached hydrogens (tertiary/aromatic N) is 2. The minimum atomic E-state index is -0.0496. The van der Waals surface area contributed by atoms with Crippen LogP contribution in [0.4, 0.5) is 0 Å². The lowest BCUT2D eigenvalue weighted by atomic mass is 10.2. The second-order valence-corrected chi connectivity index (χ2v) is 5.72. The molecule has 3 rings (SSSR count). The van der Waals surface area contributed by atoms with E-state index >= 15 is 0 Å². The standard InChI is InChI=1S/C17H14N2O3S/c1-21-14-10-6-5-9-13(14)16-18-19-17(22-16)23-15(20)11-12-7-3-2-4-8-12/h2-10H,11H2,1H3. The predicted molar refractivity (Wildman–Crippen MR) is 87.3 cm³/mol. The molecule has 1 aromatic heterocycles. The van der Waals surface area contributed by atoms with Crippen LogP contribution in [-0.4, -0.2) is 22.4 Å². The highest BCUT2D eigenvalue weighted by molar-refractivity contribution is 8.13. The van der Waals surface area contributed by atoms with Crippen LogP contribution in [-0.2, 0) is 11.2 Å². The number of ether oxygens (including phenoxy) is 1. The van der Waals surface area contributed by atoms with Crippen molar-refractivity contribution in [1.82, 2.24) is 10.2 Å². The van der Waals surface area contributed by atoms with Gasteiger partial charge in [-0.2, -0.15) is 0 Å². The molecule has 0 radical (unpaired) electrons. The summed E-state index contributed by atoms with van der Waals surface area (Å²) in [4.78, 5) is 12.1. The molecule has 1 heterocycles. The highest BCUT2D eigenvalue weighted by Gasteiger charge is 2.16. The molecule has 0 saturated carbocycles. The number of hydrogen-bond acceptors (Lipinski definition) is 6. The zero-order valence-electron chi connectivity index (χ0n) is 12.4. The molecule has 6 heteroatoms. The number of carbonyl (C=O) groups is 1. The Morgan fingerprint density at radius 2 is 1.83 bits per heavy atom. The summed E-state index contributed by atoms with van der Waals surface area (Å²) in [6.07, 6.45) is 0.317. The minimum absolute atomic E-state index is 0.0496. The van der Waals surface area contributed by atoms with E-state index in [2.05, 4.69) is 10.2 Å². The van der Waals surface area contributed by atoms with Crippen LogP contribution in [0.5, 0.6) is 5.75 Å². The van der Waals surface area contributed by atoms with E-state index in [-0.39, 0.29) is 10.3 Å². The van der Waals surface area contributed by atoms with Gasteiger partial charge in [0.2, 0.25) is 5.12 Å². The molecule has 23 heavy (non-hydrogen) atoms. The highest BCUT2D eigenvalue weighted by Crippen LogP contribution is 2.30. The van der Waals surface area contributed by atoms with Gasteiger partial charge in [0, 0.05) is 18.2 Å². The summed E-state index contributed by atoms with van der Waals surface area (Å²) in [5, 5.41) is 8.08. The fourth-order valence-corrected chi connectivity index (χ4v) is 2.71. The predicted octanol–water partition coefficient (Wildman–Crippen LogP) is 3.61. The summed E-state index contributed by atoms with van der Waals surface area (Å²) >= 11 is 0.947. The summed E-state index contributed by atoms with van der Waals surface area (Å²) in [5.74, 6) is 0.973. The van der Waals surface area contributed by atoms with Gasteiger partial charge in [0.05, 0.1) is 12.7 Å². The van der Waals surface area contributed by atoms with E-state index in [9.17, 15) is 4.79 Å². The molecular weight excluding hydrogens is 312 g/mol. The van der Waals surface area contributed by atoms with Gasteiger partial charge < -0.3 is 9.15 Å². The van der Waals surface area contributed by atoms with Gasteiger partial charge in [-0.1, -0.05) is 42.5 Å². The lowest BCUT2D eigenvalue weighted by Crippen LogP contribution is -1.96. The third-order valence-electron chi connectivity index (χ3n) is 3.14. The van der Waals surface area contributed by atoms with E-state index < -0.39 is 0 Å². The molecule has 0 fully saturated rings. The van der Waals surface area contributed by atoms with Gasteiger partial charge in [0.1, 0.15) is 5.75 Å². The average molecular weight is 326 g/mol. The quantitative estimate of drug-likeness (QED) is 0.667. The van der Waals surface area contributed by atoms with Gasteiger partial charge in [-0.05, 0) is 17.7 Å². The van der Waals surface area contributed by atoms with Crippen molar-refractivity contribution in [2.75, 3.05) is 7.11 Å². The van der Waals surface area contributed by atoms with E-state index in [0.29, 0.717) is 23.6 Å². The van der Waals surface area contributed by atoms with Gasteiger partial charge in [-0.15, -0.1) is 10.2 Å². The average Bonchev–Trinajstić information content (AvgIpc) is 3.03. The van der Waals surface area contributed by atoms with Gasteiger partial charge in [0.25, 0.3) is 11.1 Å². The van der Waals surface area contributed by atoms with Crippen molar-refractivity contribution >= 4 is 16.9 Å². The van der Waals surface area contributed by atoms with Crippen molar-refractivity contribution in [3.05, 3.63) is 60.2 Å². The van der Waals surface area contributed by atoms with E-state index in [0.717, 1.165) is 17.3 Å². The van der Waals surface area contributed by atoms with Gasteiger partial charge in [0.15, 0.2) is 0 Å². The summed E-state index contributed by atoms with van der Waals surface area (Å²) < 4.78 is 10.8. The number of rotatable bonds is 5. The molecule has 0 atom stereocenters. The molecule has 0 spiro atoms. The molecule has 0 N–H and O–H groups in total. The molecule has 2 aromatic carbocycles. The maximum Gasteiger partial charge on any atom is 0.284 e. The molecule has 0 amide bonds. The topological polar surface area (TPSA) is 65.2 Å². The second kappa shape index (κ2) is 7.11. The van der Waals surface area contributed by atoms with Crippen LogP contribution in [0.25, 0.3) is 11.5 Å². The summed E-state index contributed by atoms with van der Waals surface area (Å²) in [6, 6.07) is 16.9. The first kappa shape index (κ1) is 15.3. The van der Waals surface area contributed by atoms with Crippen molar-refractivity contribution in [2.24, 2.45) is 0 Å². The van der Waals surface area contributed by atoms with Crippen LogP contribution in [0.3, 0.4) is 0 Å². The first-order valence-corrected chi connectivity index (χ1v) is 7.79. The second-order valence-electron chi connectivity index (χ2n) is 4.71. The fourth-order valence-electron chi connectivity index (χ4n) is 2.08. The van der Waals surface area contributed by atoms with Crippen molar-refractivity contribution in [2.45, 2.75) is 11.6 Å². The van der Waals surface area contributed by atoms with Crippen LogP contribution in [0.15, 0.2) is 64.2 Å². The van der Waals surface area contributed by atoms with Gasteiger partial charge >= 0.3 is 0 Å². The van der Waals surface area contributed by atoms with Crippen LogP contribution >= 0.6 is 11.8 Å². The van der Waals surface area contributed by atoms with Crippen LogP contribution in [0, 0.1) is 0 Å². The Morgan fingerprint density at radius 1 is 1.09 bits per heavy atom. The van der Waals surface area contributed by atoms with Gasteiger partial charge in [-0.3, -0.25) is 4.79 Å². The number of methoxy groups -OCH3 is 1. The zero-order valence-corrected chi connectivity index (χ0v) is 13.2. The summed E-state index contributed by atoms with van der Waals surface area (Å²) in [5.41, 5.74) is 1.65. The highest BCUT2D eigenvalue weighted by atomic mass is 32.2. The maximum atomic E-state index is 12.1. The molecule has 0 aliphatic rings. The zero-order chi connectivity index (χ0) is 16.1. The van der Waals surface area contributed by atoms with E-state index in [1.807, 2.05) is 54.6 Å². The van der Waals surface area contributed by atoms with E-state index in [1.165, 1.54) is 0 Å². The largest absolute Gasteiger partial charge is 0.496 e. The Bertz CT molecular complexity index is 802. The summed E-state index contributed by atoms with van der Waals surface area (Å²) in [7, 11) is 1.58. The molecular formula is C17H14N2O3S. The van der Waals surface area contributed by atoms with Crippen molar-refractivity contribution in [1.29, 1.82) is 0 Å². The Hall–Kier alpha value is -2.60. The molecule has 116 valence electrons. The lowest BCUT2D eigenvalue weighted by molar-refractivity contribution is -0.110. The fraction of sp³-hybridized carbons (Fsp3) is 0.118. The Labute approximate surface area is 137 Å². The maximum absolute atomic E-state index is 12.1. The Balaban J connectivity index is 1.71. The number of thioether (sulfide) groups is 1. The minimum Gasteiger partial charge on any atom is -0.496 e. The smallest absolute Gasteiger partial charge is 0.284 e. The van der Waals surface area contributed by atoms with Crippen molar-refractivity contribution in [3.63, 3.8) is 0 Å². The Kier molecular flexibility index (Phi) is 4.73. The molecule has 0 aliphatic heterocycles. The molecule has 0 saturated heterocycles. The van der Waals surface area contributed by atoms with Crippen molar-refractivity contribution in [3.8, 4) is 17.2 Å². The Morgan fingerprint density at radius 3 is 2.61 bits per heavy atom. The first-order chi connectivity index (χ1) is 11.3. The van der Waals surface area contributed by atoms with E-state index in [4.69, 9.17) is 9.15 Å². The third-order valence-corrected chi connectivity index (χ3v) is 3.85. The molecule has 0 unspecified atom stereocenters. The monoisotopic (exact) mass is 326 g/mol. The third kappa shape index (κ3) is 3.78. The molecule has 5 nitrogen and oxygen atoms in total. The number of hydrogen-bond donors (Lipinski definition) is 0. The number of carbonyl (C=O) groups excluding carboxylic acids is 1. The normalized spacial score (nSPS) is 10.5. The molecule has 0 aliphatic carbocycles. The van der Waals surface area contributed by atoms with Crippen LogP contribution in [0.2, 0.25) is 0 Å². The lowest BCUT2D eigenvalue weighted by Gasteiger charge is -2.03. The van der Waals surface area contributed by atoms with Crippen LogP contribution in [0.1, 0.15) is 5.56 Å². The molecule has 3 aromatic rings.